The van der Waals surface area contributed by atoms with E-state index < -0.39 is 0 Å². The van der Waals surface area contributed by atoms with Crippen molar-refractivity contribution in [2.24, 2.45) is 5.84 Å². The Labute approximate surface area is 92.9 Å². The summed E-state index contributed by atoms with van der Waals surface area (Å²) in [7, 11) is 3.51. The van der Waals surface area contributed by atoms with Gasteiger partial charge in [0.15, 0.2) is 0 Å². The fourth-order valence-corrected chi connectivity index (χ4v) is 1.84. The molecule has 0 saturated carbocycles. The average molecular weight is 259 g/mol. The van der Waals surface area contributed by atoms with Crippen molar-refractivity contribution >= 4 is 15.9 Å². The molecule has 0 bridgehead atoms. The van der Waals surface area contributed by atoms with Crippen LogP contribution in [0.2, 0.25) is 0 Å². The van der Waals surface area contributed by atoms with E-state index in [9.17, 15) is 0 Å². The highest BCUT2D eigenvalue weighted by molar-refractivity contribution is 9.10. The summed E-state index contributed by atoms with van der Waals surface area (Å²) in [4.78, 5) is 0. The van der Waals surface area contributed by atoms with Crippen molar-refractivity contribution in [3.63, 3.8) is 0 Å². The number of ether oxygens (including phenoxy) is 1. The fraction of sp³-hybridized carbons (Fsp3) is 0.400. The van der Waals surface area contributed by atoms with E-state index in [0.29, 0.717) is 6.54 Å². The first kappa shape index (κ1) is 11.7. The Bertz CT molecular complexity index is 291. The minimum absolute atomic E-state index is 0.000532. The van der Waals surface area contributed by atoms with E-state index in [1.54, 1.807) is 12.1 Å². The van der Waals surface area contributed by atoms with E-state index >= 15 is 0 Å². The molecule has 0 saturated heterocycles. The van der Waals surface area contributed by atoms with Crippen LogP contribution in [0.5, 0.6) is 0 Å². The number of halogens is 1. The highest BCUT2D eigenvalue weighted by atomic mass is 79.9. The number of hydrogen-bond acceptors (Lipinski definition) is 3. The molecule has 1 aromatic carbocycles. The third-order valence-electron chi connectivity index (χ3n) is 1.99. The van der Waals surface area contributed by atoms with Crippen LogP contribution in [0.4, 0.5) is 0 Å². The molecule has 14 heavy (non-hydrogen) atoms. The normalized spacial score (nSPS) is 13.2. The van der Waals surface area contributed by atoms with Gasteiger partial charge in [-0.05, 0) is 11.6 Å². The van der Waals surface area contributed by atoms with E-state index in [4.69, 9.17) is 10.6 Å². The van der Waals surface area contributed by atoms with E-state index in [0.717, 1.165) is 10.0 Å². The van der Waals surface area contributed by atoms with Gasteiger partial charge < -0.3 is 4.74 Å². The van der Waals surface area contributed by atoms with Gasteiger partial charge in [0.2, 0.25) is 0 Å². The molecule has 2 N–H and O–H groups in total. The first-order valence-corrected chi connectivity index (χ1v) is 5.17. The molecule has 0 radical (unpaired) electrons. The summed E-state index contributed by atoms with van der Waals surface area (Å²) < 4.78 is 6.43. The Morgan fingerprint density at radius 3 is 2.64 bits per heavy atom. The van der Waals surface area contributed by atoms with Crippen LogP contribution >= 0.6 is 15.9 Å². The Morgan fingerprint density at radius 2 is 2.14 bits per heavy atom. The largest absolute Gasteiger partial charge is 0.375 e. The third kappa shape index (κ3) is 3.06. The maximum atomic E-state index is 5.59. The first-order valence-electron chi connectivity index (χ1n) is 4.38. The number of benzene rings is 1. The summed E-state index contributed by atoms with van der Waals surface area (Å²) in [5.74, 6) is 5.59. The van der Waals surface area contributed by atoms with Crippen molar-refractivity contribution < 1.29 is 4.74 Å². The van der Waals surface area contributed by atoms with Crippen molar-refractivity contribution in [3.05, 3.63) is 34.3 Å². The molecule has 0 heterocycles. The average Bonchev–Trinajstić information content (AvgIpc) is 2.15. The van der Waals surface area contributed by atoms with Crippen LogP contribution < -0.4 is 5.84 Å². The van der Waals surface area contributed by atoms with Gasteiger partial charge in [0.1, 0.15) is 0 Å². The van der Waals surface area contributed by atoms with Gasteiger partial charge >= 0.3 is 0 Å². The summed E-state index contributed by atoms with van der Waals surface area (Å²) in [6.45, 7) is 0.666. The summed E-state index contributed by atoms with van der Waals surface area (Å²) >= 11 is 3.49. The summed E-state index contributed by atoms with van der Waals surface area (Å²) in [5.41, 5.74) is 1.12. The lowest BCUT2D eigenvalue weighted by Gasteiger charge is -2.20. The molecule has 0 aliphatic rings. The number of likely N-dealkylation sites (N-methyl/N-ethyl adjacent to an activating group) is 1. The van der Waals surface area contributed by atoms with Crippen molar-refractivity contribution in [1.82, 2.24) is 5.01 Å². The summed E-state index contributed by atoms with van der Waals surface area (Å²) in [6, 6.07) is 7.99. The smallest absolute Gasteiger partial charge is 0.0972 e. The number of hydrazine groups is 1. The monoisotopic (exact) mass is 258 g/mol. The van der Waals surface area contributed by atoms with E-state index in [-0.39, 0.29) is 6.10 Å². The molecular weight excluding hydrogens is 244 g/mol. The van der Waals surface area contributed by atoms with Gasteiger partial charge in [0.05, 0.1) is 6.10 Å². The molecule has 1 rings (SSSR count). The van der Waals surface area contributed by atoms with Gasteiger partial charge in [-0.25, -0.2) is 5.01 Å². The number of methoxy groups -OCH3 is 1. The highest BCUT2D eigenvalue weighted by Gasteiger charge is 2.13. The molecule has 0 spiro atoms. The Hall–Kier alpha value is -0.420. The summed E-state index contributed by atoms with van der Waals surface area (Å²) in [5, 5.41) is 1.62. The van der Waals surface area contributed by atoms with Crippen LogP contribution in [-0.4, -0.2) is 25.7 Å². The zero-order valence-corrected chi connectivity index (χ0v) is 9.99. The molecule has 4 heteroatoms. The SMILES string of the molecule is COC(CN(C)N)c1ccccc1Br. The van der Waals surface area contributed by atoms with Crippen LogP contribution in [0.1, 0.15) is 11.7 Å². The van der Waals surface area contributed by atoms with Gasteiger partial charge in [0, 0.05) is 25.2 Å². The predicted octanol–water partition coefficient (Wildman–Crippen LogP) is 1.94. The third-order valence-corrected chi connectivity index (χ3v) is 2.71. The molecular formula is C10H15BrN2O. The second-order valence-corrected chi connectivity index (χ2v) is 4.04. The van der Waals surface area contributed by atoms with Gasteiger partial charge in [-0.1, -0.05) is 34.1 Å². The van der Waals surface area contributed by atoms with Crippen LogP contribution in [-0.2, 0) is 4.74 Å². The maximum absolute atomic E-state index is 5.59. The maximum Gasteiger partial charge on any atom is 0.0972 e. The van der Waals surface area contributed by atoms with Crippen molar-refractivity contribution in [1.29, 1.82) is 0 Å². The molecule has 3 nitrogen and oxygen atoms in total. The Kier molecular flexibility index (Phi) is 4.54. The molecule has 0 fully saturated rings. The quantitative estimate of drug-likeness (QED) is 0.663. The van der Waals surface area contributed by atoms with E-state index in [1.807, 2.05) is 31.3 Å². The van der Waals surface area contributed by atoms with Crippen LogP contribution in [0.25, 0.3) is 0 Å². The molecule has 0 aliphatic heterocycles. The zero-order chi connectivity index (χ0) is 10.6. The second-order valence-electron chi connectivity index (χ2n) is 3.19. The highest BCUT2D eigenvalue weighted by Crippen LogP contribution is 2.25. The van der Waals surface area contributed by atoms with Gasteiger partial charge in [-0.15, -0.1) is 0 Å². The Morgan fingerprint density at radius 1 is 1.50 bits per heavy atom. The standard InChI is InChI=1S/C10H15BrN2O/c1-13(12)7-10(14-2)8-5-3-4-6-9(8)11/h3-6,10H,7,12H2,1-2H3. The lowest BCUT2D eigenvalue weighted by atomic mass is 10.1. The zero-order valence-electron chi connectivity index (χ0n) is 8.40. The lowest BCUT2D eigenvalue weighted by molar-refractivity contribution is 0.0712. The minimum Gasteiger partial charge on any atom is -0.375 e. The first-order chi connectivity index (χ1) is 6.65. The molecule has 0 aliphatic carbocycles. The van der Waals surface area contributed by atoms with Crippen LogP contribution in [0, 0.1) is 0 Å². The van der Waals surface area contributed by atoms with E-state index in [1.165, 1.54) is 0 Å². The van der Waals surface area contributed by atoms with Crippen molar-refractivity contribution in [2.45, 2.75) is 6.10 Å². The van der Waals surface area contributed by atoms with Crippen molar-refractivity contribution in [3.8, 4) is 0 Å². The van der Waals surface area contributed by atoms with Gasteiger partial charge in [-0.3, -0.25) is 5.84 Å². The van der Waals surface area contributed by atoms with Gasteiger partial charge in [0.25, 0.3) is 0 Å². The lowest BCUT2D eigenvalue weighted by Crippen LogP contribution is -2.31. The van der Waals surface area contributed by atoms with Gasteiger partial charge in [-0.2, -0.15) is 0 Å². The number of hydrogen-bond donors (Lipinski definition) is 1. The summed E-state index contributed by atoms with van der Waals surface area (Å²) in [6.07, 6.45) is 0.000532. The molecule has 1 aromatic rings. The molecule has 0 aromatic heterocycles. The van der Waals surface area contributed by atoms with Crippen molar-refractivity contribution in [2.75, 3.05) is 20.7 Å². The van der Waals surface area contributed by atoms with Crippen LogP contribution in [0.3, 0.4) is 0 Å². The number of rotatable bonds is 4. The Balaban J connectivity index is 2.83. The fourth-order valence-electron chi connectivity index (χ4n) is 1.30. The van der Waals surface area contributed by atoms with Crippen LogP contribution in [0.15, 0.2) is 28.7 Å². The molecule has 1 unspecified atom stereocenters. The predicted molar refractivity (Wildman–Crippen MR) is 60.7 cm³/mol. The minimum atomic E-state index is 0.000532. The second kappa shape index (κ2) is 5.46. The number of nitrogens with zero attached hydrogens (tertiary/aromatic N) is 1. The number of nitrogens with two attached hydrogens (primary N) is 1. The molecule has 0 amide bonds. The molecule has 78 valence electrons. The van der Waals surface area contributed by atoms with E-state index in [2.05, 4.69) is 15.9 Å². The molecule has 1 atom stereocenters. The topological polar surface area (TPSA) is 38.5 Å².